The molecular weight excluding hydrogens is 421 g/mol. The molecule has 4 nitrogen and oxygen atoms in total. The number of aromatic nitrogens is 2. The lowest BCUT2D eigenvalue weighted by molar-refractivity contribution is -0.144. The zero-order valence-electron chi connectivity index (χ0n) is 15.4. The van der Waals surface area contributed by atoms with Gasteiger partial charge in [-0.3, -0.25) is 4.68 Å². The monoisotopic (exact) mass is 438 g/mol. The summed E-state index contributed by atoms with van der Waals surface area (Å²) >= 11 is 0. The highest BCUT2D eigenvalue weighted by Gasteiger charge is 2.46. The van der Waals surface area contributed by atoms with E-state index >= 15 is 0 Å². The summed E-state index contributed by atoms with van der Waals surface area (Å²) in [6.45, 7) is -0.422. The Morgan fingerprint density at radius 1 is 1.13 bits per heavy atom. The van der Waals surface area contributed by atoms with E-state index in [-0.39, 0.29) is 24.1 Å². The molecule has 0 unspecified atom stereocenters. The van der Waals surface area contributed by atoms with Crippen LogP contribution in [0.4, 0.5) is 30.7 Å². The number of halogens is 7. The number of nitrogens with zero attached hydrogens (tertiary/aromatic N) is 2. The van der Waals surface area contributed by atoms with Gasteiger partial charge in [0.25, 0.3) is 0 Å². The molecular formula is C19H17F7N2O2. The van der Waals surface area contributed by atoms with Gasteiger partial charge in [0.05, 0.1) is 5.56 Å². The number of carbonyl (C=O) groups is 1. The molecule has 1 aliphatic carbocycles. The lowest BCUT2D eigenvalue weighted by Crippen LogP contribution is -2.28. The van der Waals surface area contributed by atoms with E-state index in [0.717, 1.165) is 4.68 Å². The molecule has 164 valence electrons. The molecule has 1 aromatic heterocycles. The molecule has 3 rings (SSSR count). The lowest BCUT2D eigenvalue weighted by atomic mass is 9.90. The maximum Gasteiger partial charge on any atom is 0.435 e. The van der Waals surface area contributed by atoms with Crippen molar-refractivity contribution in [2.24, 2.45) is 0 Å². The summed E-state index contributed by atoms with van der Waals surface area (Å²) < 4.78 is 98.3. The third-order valence-corrected chi connectivity index (χ3v) is 4.71. The van der Waals surface area contributed by atoms with E-state index in [9.17, 15) is 35.5 Å². The van der Waals surface area contributed by atoms with Gasteiger partial charge >= 0.3 is 18.3 Å². The second-order valence-electron chi connectivity index (χ2n) is 6.90. The fourth-order valence-electron chi connectivity index (χ4n) is 3.39. The van der Waals surface area contributed by atoms with Crippen LogP contribution in [0.2, 0.25) is 0 Å². The molecule has 11 heteroatoms. The molecule has 2 atom stereocenters. The van der Waals surface area contributed by atoms with Gasteiger partial charge in [0.2, 0.25) is 0 Å². The van der Waals surface area contributed by atoms with Crippen molar-refractivity contribution in [3.05, 3.63) is 52.8 Å². The first-order valence-electron chi connectivity index (χ1n) is 9.11. The number of esters is 1. The van der Waals surface area contributed by atoms with E-state index in [1.807, 2.05) is 0 Å². The average molecular weight is 438 g/mol. The smallest absolute Gasteiger partial charge is 0.435 e. The zero-order chi connectivity index (χ0) is 22.1. The summed E-state index contributed by atoms with van der Waals surface area (Å²) in [6.07, 6.45) is -15.3. The first-order valence-corrected chi connectivity index (χ1v) is 9.11. The zero-order valence-corrected chi connectivity index (χ0v) is 15.4. The van der Waals surface area contributed by atoms with Crippen molar-refractivity contribution in [1.29, 1.82) is 0 Å². The Kier molecular flexibility index (Phi) is 6.09. The van der Waals surface area contributed by atoms with E-state index in [4.69, 9.17) is 4.74 Å². The fraction of sp³-hybridized carbons (Fsp3) is 0.474. The van der Waals surface area contributed by atoms with Crippen LogP contribution in [0.1, 0.15) is 52.7 Å². The van der Waals surface area contributed by atoms with E-state index in [1.54, 1.807) is 6.07 Å². The summed E-state index contributed by atoms with van der Waals surface area (Å²) in [6, 6.07) is 7.36. The minimum absolute atomic E-state index is 0.0305. The van der Waals surface area contributed by atoms with Crippen LogP contribution in [0.5, 0.6) is 0 Å². The Labute approximate surface area is 166 Å². The van der Waals surface area contributed by atoms with E-state index < -0.39 is 61.2 Å². The van der Waals surface area contributed by atoms with Gasteiger partial charge in [-0.15, -0.1) is 0 Å². The molecule has 0 bridgehead atoms. The summed E-state index contributed by atoms with van der Waals surface area (Å²) in [5, 5.41) is 3.41. The number of ether oxygens (including phenoxy) is 1. The number of benzene rings is 1. The molecule has 0 fully saturated rings. The third-order valence-electron chi connectivity index (χ3n) is 4.71. The van der Waals surface area contributed by atoms with Gasteiger partial charge in [0.15, 0.2) is 11.8 Å². The molecule has 30 heavy (non-hydrogen) atoms. The Hall–Kier alpha value is -2.59. The minimum Gasteiger partial charge on any atom is -0.451 e. The van der Waals surface area contributed by atoms with Crippen molar-refractivity contribution < 1.29 is 40.3 Å². The Morgan fingerprint density at radius 2 is 1.80 bits per heavy atom. The lowest BCUT2D eigenvalue weighted by Gasteiger charge is -2.27. The van der Waals surface area contributed by atoms with Crippen molar-refractivity contribution in [2.75, 3.05) is 0 Å². The number of carbonyl (C=O) groups excluding carboxylic acids is 1. The summed E-state index contributed by atoms with van der Waals surface area (Å²) in [4.78, 5) is 12.3. The highest BCUT2D eigenvalue weighted by molar-refractivity contribution is 5.89. The molecule has 0 aliphatic heterocycles. The van der Waals surface area contributed by atoms with Gasteiger partial charge in [-0.05, 0) is 31.4 Å². The first-order chi connectivity index (χ1) is 14.0. The van der Waals surface area contributed by atoms with Crippen LogP contribution in [0.15, 0.2) is 30.3 Å². The molecule has 1 heterocycles. The molecule has 0 radical (unpaired) electrons. The van der Waals surface area contributed by atoms with Crippen LogP contribution >= 0.6 is 0 Å². The topological polar surface area (TPSA) is 44.1 Å². The van der Waals surface area contributed by atoms with E-state index in [0.29, 0.717) is 0 Å². The third kappa shape index (κ3) is 4.93. The van der Waals surface area contributed by atoms with E-state index in [2.05, 4.69) is 5.10 Å². The van der Waals surface area contributed by atoms with Crippen LogP contribution in [0.3, 0.4) is 0 Å². The van der Waals surface area contributed by atoms with Crippen LogP contribution < -0.4 is 0 Å². The molecule has 2 aromatic rings. The van der Waals surface area contributed by atoms with E-state index in [1.165, 1.54) is 24.3 Å². The van der Waals surface area contributed by atoms with Crippen LogP contribution in [-0.4, -0.2) is 28.1 Å². The molecule has 0 amide bonds. The quantitative estimate of drug-likeness (QED) is 0.462. The number of hydrogen-bond donors (Lipinski definition) is 0. The second-order valence-corrected chi connectivity index (χ2v) is 6.90. The Bertz CT molecular complexity index is 891. The van der Waals surface area contributed by atoms with Crippen molar-refractivity contribution in [2.45, 2.75) is 56.9 Å². The predicted molar refractivity (Wildman–Crippen MR) is 90.3 cm³/mol. The van der Waals surface area contributed by atoms with Crippen molar-refractivity contribution in [3.63, 3.8) is 0 Å². The average Bonchev–Trinajstić information content (AvgIpc) is 3.03. The second kappa shape index (κ2) is 8.27. The number of rotatable bonds is 5. The van der Waals surface area contributed by atoms with Gasteiger partial charge in [0.1, 0.15) is 6.17 Å². The number of hydrogen-bond acceptors (Lipinski definition) is 3. The van der Waals surface area contributed by atoms with Gasteiger partial charge in [-0.25, -0.2) is 9.18 Å². The maximum atomic E-state index is 14.6. The SMILES string of the molecule is O=C(O[C@H]1c2c(C(F)(F)F)nn(CCCC(F)(F)F)c2CC[C@H]1F)c1ccccc1. The summed E-state index contributed by atoms with van der Waals surface area (Å²) in [5.41, 5.74) is -2.11. The van der Waals surface area contributed by atoms with Gasteiger partial charge < -0.3 is 4.74 Å². The summed E-state index contributed by atoms with van der Waals surface area (Å²) in [5.74, 6) is -1.01. The molecule has 0 saturated heterocycles. The van der Waals surface area contributed by atoms with Crippen molar-refractivity contribution >= 4 is 5.97 Å². The van der Waals surface area contributed by atoms with Crippen molar-refractivity contribution in [1.82, 2.24) is 9.78 Å². The Morgan fingerprint density at radius 3 is 2.40 bits per heavy atom. The normalized spacial score (nSPS) is 19.4. The van der Waals surface area contributed by atoms with Gasteiger partial charge in [-0.2, -0.15) is 31.4 Å². The molecule has 0 N–H and O–H groups in total. The molecule has 0 spiro atoms. The molecule has 1 aliphatic rings. The largest absolute Gasteiger partial charge is 0.451 e. The predicted octanol–water partition coefficient (Wildman–Crippen LogP) is 5.43. The highest BCUT2D eigenvalue weighted by Crippen LogP contribution is 2.43. The van der Waals surface area contributed by atoms with Crippen LogP contribution in [0.25, 0.3) is 0 Å². The van der Waals surface area contributed by atoms with Crippen LogP contribution in [0, 0.1) is 0 Å². The van der Waals surface area contributed by atoms with Gasteiger partial charge in [0, 0.05) is 24.2 Å². The number of fused-ring (bicyclic) bond motifs is 1. The minimum atomic E-state index is -4.99. The fourth-order valence-corrected chi connectivity index (χ4v) is 3.39. The molecule has 1 aromatic carbocycles. The Balaban J connectivity index is 1.94. The maximum absolute atomic E-state index is 14.6. The first kappa shape index (κ1) is 22.1. The van der Waals surface area contributed by atoms with Gasteiger partial charge in [-0.1, -0.05) is 18.2 Å². The number of aryl methyl sites for hydroxylation is 1. The highest BCUT2D eigenvalue weighted by atomic mass is 19.4. The number of alkyl halides is 7. The summed E-state index contributed by atoms with van der Waals surface area (Å²) in [7, 11) is 0. The van der Waals surface area contributed by atoms with Crippen LogP contribution in [-0.2, 0) is 23.9 Å². The van der Waals surface area contributed by atoms with Crippen molar-refractivity contribution in [3.8, 4) is 0 Å². The molecule has 0 saturated carbocycles. The standard InChI is InChI=1S/C19H17F7N2O2/c20-12-7-8-13-14(15(12)30-17(29)11-5-2-1-3-6-11)16(19(24,25)26)27-28(13)10-4-9-18(21,22)23/h1-3,5-6,12,15H,4,7-10H2/t12-,15-/m1/s1.